The SMILES string of the molecule is C=C(/C(=C\C=C/C#N)C(F)(F)F)c1ccc(-n2c3ccc(-c4ccccc4)cc3c3cc(-c4ccccc4)ccc32)c(C#N)c1-n1c2ccc(-c3ccccc3)cc2c2cc(-c3ccccc3)ccc21. The Morgan fingerprint density at radius 1 is 0.457 bits per heavy atom. The maximum atomic E-state index is 15.3. The molecule has 0 radical (unpaired) electrons. The Labute approximate surface area is 402 Å². The van der Waals surface area contributed by atoms with Crippen LogP contribution in [-0.4, -0.2) is 15.3 Å². The lowest BCUT2D eigenvalue weighted by atomic mass is 9.93. The molecule has 0 aliphatic rings. The number of benzene rings is 9. The van der Waals surface area contributed by atoms with Crippen molar-refractivity contribution in [2.24, 2.45) is 0 Å². The van der Waals surface area contributed by atoms with Crippen LogP contribution < -0.4 is 0 Å². The maximum absolute atomic E-state index is 15.3. The first kappa shape index (κ1) is 43.2. The van der Waals surface area contributed by atoms with E-state index in [1.54, 1.807) is 18.2 Å². The van der Waals surface area contributed by atoms with Crippen LogP contribution in [0.3, 0.4) is 0 Å². The lowest BCUT2D eigenvalue weighted by Crippen LogP contribution is -2.15. The third-order valence-corrected chi connectivity index (χ3v) is 13.1. The molecule has 7 heteroatoms. The summed E-state index contributed by atoms with van der Waals surface area (Å²) in [7, 11) is 0. The number of nitrogens with zero attached hydrogens (tertiary/aromatic N) is 4. The van der Waals surface area contributed by atoms with Gasteiger partial charge in [-0.1, -0.05) is 164 Å². The fraction of sp³-hybridized carbons (Fsp3) is 0.0159. The normalized spacial score (nSPS) is 12.0. The maximum Gasteiger partial charge on any atom is 0.416 e. The van der Waals surface area contributed by atoms with Gasteiger partial charge in [0.25, 0.3) is 0 Å². The van der Waals surface area contributed by atoms with Gasteiger partial charge in [0.05, 0.1) is 45.1 Å². The molecule has 2 heterocycles. The van der Waals surface area contributed by atoms with Crippen LogP contribution in [0, 0.1) is 22.7 Å². The molecule has 2 aromatic heterocycles. The summed E-state index contributed by atoms with van der Waals surface area (Å²) >= 11 is 0. The van der Waals surface area contributed by atoms with E-state index in [0.29, 0.717) is 16.7 Å². The smallest absolute Gasteiger partial charge is 0.308 e. The van der Waals surface area contributed by atoms with Crippen LogP contribution in [0.5, 0.6) is 0 Å². The quantitative estimate of drug-likeness (QED) is 0.107. The van der Waals surface area contributed by atoms with E-state index in [0.717, 1.165) is 95.3 Å². The average Bonchev–Trinajstić information content (AvgIpc) is 3.90. The van der Waals surface area contributed by atoms with Crippen molar-refractivity contribution in [3.63, 3.8) is 0 Å². The van der Waals surface area contributed by atoms with Crippen molar-refractivity contribution < 1.29 is 13.2 Å². The number of hydrogen-bond donors (Lipinski definition) is 0. The molecule has 70 heavy (non-hydrogen) atoms. The number of rotatable bonds is 9. The van der Waals surface area contributed by atoms with Crippen molar-refractivity contribution in [3.8, 4) is 68.0 Å². The zero-order valence-electron chi connectivity index (χ0n) is 37.5. The Hall–Kier alpha value is -9.43. The van der Waals surface area contributed by atoms with Crippen molar-refractivity contribution in [2.45, 2.75) is 6.18 Å². The number of fused-ring (bicyclic) bond motifs is 6. The molecule has 4 nitrogen and oxygen atoms in total. The van der Waals surface area contributed by atoms with Gasteiger partial charge >= 0.3 is 6.18 Å². The van der Waals surface area contributed by atoms with Crippen LogP contribution in [0.15, 0.2) is 237 Å². The van der Waals surface area contributed by atoms with Gasteiger partial charge in [-0.05, 0) is 111 Å². The number of alkyl halides is 3. The molecule has 0 saturated heterocycles. The molecule has 332 valence electrons. The Morgan fingerprint density at radius 2 is 0.829 bits per heavy atom. The average molecular weight is 909 g/mol. The molecule has 0 spiro atoms. The van der Waals surface area contributed by atoms with Gasteiger partial charge < -0.3 is 9.13 Å². The van der Waals surface area contributed by atoms with Gasteiger partial charge in [0, 0.05) is 33.2 Å². The van der Waals surface area contributed by atoms with Crippen molar-refractivity contribution in [1.82, 2.24) is 9.13 Å². The van der Waals surface area contributed by atoms with Gasteiger partial charge in [0.2, 0.25) is 0 Å². The van der Waals surface area contributed by atoms with Crippen molar-refractivity contribution >= 4 is 49.2 Å². The zero-order chi connectivity index (χ0) is 47.9. The fourth-order valence-corrected chi connectivity index (χ4v) is 9.84. The predicted molar refractivity (Wildman–Crippen MR) is 280 cm³/mol. The van der Waals surface area contributed by atoms with E-state index >= 15 is 13.2 Å². The molecule has 9 aromatic carbocycles. The predicted octanol–water partition coefficient (Wildman–Crippen LogP) is 17.0. The molecule has 0 aliphatic carbocycles. The van der Waals surface area contributed by atoms with Gasteiger partial charge in [0.15, 0.2) is 0 Å². The summed E-state index contributed by atoms with van der Waals surface area (Å²) in [6, 6.07) is 72.7. The van der Waals surface area contributed by atoms with Gasteiger partial charge in [-0.3, -0.25) is 0 Å². The van der Waals surface area contributed by atoms with Crippen LogP contribution >= 0.6 is 0 Å². The molecule has 11 aromatic rings. The summed E-state index contributed by atoms with van der Waals surface area (Å²) < 4.78 is 49.9. The van der Waals surface area contributed by atoms with Gasteiger partial charge in [-0.25, -0.2) is 0 Å². The number of nitriles is 2. The molecule has 0 atom stereocenters. The largest absolute Gasteiger partial charge is 0.416 e. The number of halogens is 3. The highest BCUT2D eigenvalue weighted by atomic mass is 19.4. The lowest BCUT2D eigenvalue weighted by Gasteiger charge is -2.22. The van der Waals surface area contributed by atoms with E-state index in [1.165, 1.54) is 0 Å². The lowest BCUT2D eigenvalue weighted by molar-refractivity contribution is -0.0870. The summed E-state index contributed by atoms with van der Waals surface area (Å²) in [4.78, 5) is 0. The van der Waals surface area contributed by atoms with Crippen molar-refractivity contribution in [2.75, 3.05) is 0 Å². The van der Waals surface area contributed by atoms with Crippen LogP contribution in [0.2, 0.25) is 0 Å². The van der Waals surface area contributed by atoms with E-state index in [1.807, 2.05) is 130 Å². The molecule has 0 saturated carbocycles. The molecule has 0 N–H and O–H groups in total. The monoisotopic (exact) mass is 908 g/mol. The van der Waals surface area contributed by atoms with E-state index < -0.39 is 11.7 Å². The first-order valence-corrected chi connectivity index (χ1v) is 22.7. The third-order valence-electron chi connectivity index (χ3n) is 13.1. The summed E-state index contributed by atoms with van der Waals surface area (Å²) in [5.41, 5.74) is 10.6. The molecule has 0 aliphatic heterocycles. The minimum absolute atomic E-state index is 0.103. The molecule has 11 rings (SSSR count). The summed E-state index contributed by atoms with van der Waals surface area (Å²) in [6.07, 6.45) is -1.95. The Bertz CT molecular complexity index is 3800. The second kappa shape index (κ2) is 17.7. The fourth-order valence-electron chi connectivity index (χ4n) is 9.84. The summed E-state index contributed by atoms with van der Waals surface area (Å²) in [5.74, 6) is 0. The molecule has 0 bridgehead atoms. The van der Waals surface area contributed by atoms with E-state index in [9.17, 15) is 10.5 Å². The molecule has 0 fully saturated rings. The minimum atomic E-state index is -4.87. The topological polar surface area (TPSA) is 57.4 Å². The van der Waals surface area contributed by atoms with E-state index in [4.69, 9.17) is 0 Å². The summed E-state index contributed by atoms with van der Waals surface area (Å²) in [5, 5.41) is 24.6. The molecular weight excluding hydrogens is 870 g/mol. The second-order valence-electron chi connectivity index (χ2n) is 17.1. The van der Waals surface area contributed by atoms with Gasteiger partial charge in [-0.15, -0.1) is 0 Å². The summed E-state index contributed by atoms with van der Waals surface area (Å²) in [6.45, 7) is 4.12. The van der Waals surface area contributed by atoms with Crippen LogP contribution in [0.4, 0.5) is 13.2 Å². The first-order valence-electron chi connectivity index (χ1n) is 22.7. The Morgan fingerprint density at radius 3 is 1.17 bits per heavy atom. The first-order chi connectivity index (χ1) is 34.2. The highest BCUT2D eigenvalue weighted by Gasteiger charge is 2.37. The number of allylic oxidation sites excluding steroid dienone is 5. The Balaban J connectivity index is 1.26. The third kappa shape index (κ3) is 7.53. The van der Waals surface area contributed by atoms with Crippen LogP contribution in [-0.2, 0) is 0 Å². The van der Waals surface area contributed by atoms with Crippen molar-refractivity contribution in [1.29, 1.82) is 10.5 Å². The number of hydrogen-bond acceptors (Lipinski definition) is 2. The molecule has 0 amide bonds. The number of aromatic nitrogens is 2. The highest BCUT2D eigenvalue weighted by Crippen LogP contribution is 2.46. The van der Waals surface area contributed by atoms with Crippen LogP contribution in [0.1, 0.15) is 11.1 Å². The highest BCUT2D eigenvalue weighted by molar-refractivity contribution is 6.14. The standard InChI is InChI=1S/C63H39F3N4/c1-41(56(63(64,65)66)24-14-15-35-67)50-29-34-61(69-57-30-25-46(42-16-6-2-7-17-42)36-51(57)52-37-47(26-31-58(52)69)43-18-8-3-9-19-43)55(40-68)62(50)70-59-32-27-48(44-20-10-4-11-21-44)38-53(59)54-39-49(28-33-60(54)70)45-22-12-5-13-23-45/h2-34,36-39H,1H2/b15-14-,56-24+. The van der Waals surface area contributed by atoms with E-state index in [-0.39, 0.29) is 22.4 Å². The van der Waals surface area contributed by atoms with Gasteiger partial charge in [0.1, 0.15) is 11.6 Å². The van der Waals surface area contributed by atoms with Crippen molar-refractivity contribution in [3.05, 3.63) is 248 Å². The van der Waals surface area contributed by atoms with Crippen LogP contribution in [0.25, 0.3) is 105 Å². The zero-order valence-corrected chi connectivity index (χ0v) is 37.5. The molecule has 0 unspecified atom stereocenters. The Kier molecular flexibility index (Phi) is 10.9. The minimum Gasteiger partial charge on any atom is -0.308 e. The van der Waals surface area contributed by atoms with E-state index in [2.05, 4.69) is 85.4 Å². The van der Waals surface area contributed by atoms with Gasteiger partial charge in [-0.2, -0.15) is 23.7 Å². The second-order valence-corrected chi connectivity index (χ2v) is 17.1. The molecular formula is C63H39F3N4.